The van der Waals surface area contributed by atoms with Crippen LogP contribution in [0.4, 0.5) is 15.8 Å². The van der Waals surface area contributed by atoms with Crippen molar-refractivity contribution in [2.24, 2.45) is 0 Å². The van der Waals surface area contributed by atoms with Gasteiger partial charge in [-0.15, -0.1) is 0 Å². The number of carbonyl (C=O) groups excluding carboxylic acids is 2. The van der Waals surface area contributed by atoms with Crippen LogP contribution in [0, 0.1) is 12.7 Å². The van der Waals surface area contributed by atoms with Gasteiger partial charge in [-0.25, -0.2) is 9.18 Å². The lowest BCUT2D eigenvalue weighted by Crippen LogP contribution is -2.22. The number of nitrogens with two attached hydrogens (primary N) is 1. The molecule has 2 rings (SSSR count). The Kier molecular flexibility index (Phi) is 5.33. The number of benzene rings is 2. The smallest absolute Gasteiger partial charge is 0.340 e. The zero-order valence-corrected chi connectivity index (χ0v) is 13.8. The first-order valence-corrected chi connectivity index (χ1v) is 7.44. The molecule has 0 aromatic heterocycles. The molecule has 23 heavy (non-hydrogen) atoms. The molecule has 0 saturated heterocycles. The fourth-order valence-electron chi connectivity index (χ4n) is 1.82. The molecule has 0 fully saturated rings. The van der Waals surface area contributed by atoms with Gasteiger partial charge < -0.3 is 15.8 Å². The van der Waals surface area contributed by atoms with Gasteiger partial charge in [0, 0.05) is 10.2 Å². The quantitative estimate of drug-likeness (QED) is 0.629. The minimum absolute atomic E-state index is 0.0265. The molecule has 0 radical (unpaired) electrons. The van der Waals surface area contributed by atoms with Crippen molar-refractivity contribution in [3.63, 3.8) is 0 Å². The minimum atomic E-state index is -0.733. The van der Waals surface area contributed by atoms with E-state index in [4.69, 9.17) is 10.5 Å². The summed E-state index contributed by atoms with van der Waals surface area (Å²) in [4.78, 5) is 23.7. The van der Waals surface area contributed by atoms with Crippen LogP contribution in [0.1, 0.15) is 15.9 Å². The van der Waals surface area contributed by atoms with Crippen molar-refractivity contribution in [3.05, 3.63) is 57.8 Å². The summed E-state index contributed by atoms with van der Waals surface area (Å²) in [5.74, 6) is -1.93. The number of hydrogen-bond donors (Lipinski definition) is 2. The van der Waals surface area contributed by atoms with E-state index in [9.17, 15) is 14.0 Å². The van der Waals surface area contributed by atoms with Gasteiger partial charge >= 0.3 is 5.97 Å². The topological polar surface area (TPSA) is 81.4 Å². The molecule has 0 aliphatic carbocycles. The van der Waals surface area contributed by atoms with Crippen molar-refractivity contribution >= 4 is 39.2 Å². The molecule has 0 aliphatic rings. The Morgan fingerprint density at radius 3 is 2.70 bits per heavy atom. The van der Waals surface area contributed by atoms with Crippen molar-refractivity contribution in [2.45, 2.75) is 6.92 Å². The van der Waals surface area contributed by atoms with E-state index in [1.807, 2.05) is 0 Å². The molecule has 0 spiro atoms. The first-order valence-electron chi connectivity index (χ1n) is 6.65. The Morgan fingerprint density at radius 2 is 2.00 bits per heavy atom. The normalized spacial score (nSPS) is 10.2. The maximum atomic E-state index is 13.6. The second-order valence-electron chi connectivity index (χ2n) is 4.84. The summed E-state index contributed by atoms with van der Waals surface area (Å²) in [6.45, 7) is 1.19. The molecule has 0 bridgehead atoms. The first kappa shape index (κ1) is 17.0. The van der Waals surface area contributed by atoms with Crippen molar-refractivity contribution in [3.8, 4) is 0 Å². The molecule has 3 N–H and O–H groups in total. The third-order valence-electron chi connectivity index (χ3n) is 2.97. The van der Waals surface area contributed by atoms with Crippen LogP contribution in [0.3, 0.4) is 0 Å². The Bertz CT molecular complexity index is 765. The number of hydrogen-bond acceptors (Lipinski definition) is 4. The number of ether oxygens (including phenoxy) is 1. The molecule has 0 atom stereocenters. The van der Waals surface area contributed by atoms with E-state index < -0.39 is 24.3 Å². The van der Waals surface area contributed by atoms with Crippen LogP contribution in [0.15, 0.2) is 40.9 Å². The van der Waals surface area contributed by atoms with Crippen LogP contribution in [-0.4, -0.2) is 18.5 Å². The van der Waals surface area contributed by atoms with E-state index in [0.29, 0.717) is 4.47 Å². The van der Waals surface area contributed by atoms with Gasteiger partial charge in [0.15, 0.2) is 6.61 Å². The van der Waals surface area contributed by atoms with Crippen LogP contribution in [-0.2, 0) is 9.53 Å². The highest BCUT2D eigenvalue weighted by Crippen LogP contribution is 2.19. The zero-order valence-electron chi connectivity index (χ0n) is 12.2. The lowest BCUT2D eigenvalue weighted by Gasteiger charge is -2.09. The van der Waals surface area contributed by atoms with Crippen molar-refractivity contribution in [1.82, 2.24) is 0 Å². The Labute approximate surface area is 140 Å². The van der Waals surface area contributed by atoms with Gasteiger partial charge in [0.25, 0.3) is 5.91 Å². The fourth-order valence-corrected chi connectivity index (χ4v) is 2.18. The number of aryl methyl sites for hydroxylation is 1. The van der Waals surface area contributed by atoms with Crippen LogP contribution in [0.5, 0.6) is 0 Å². The molecule has 0 saturated carbocycles. The highest BCUT2D eigenvalue weighted by atomic mass is 79.9. The molecular weight excluding hydrogens is 367 g/mol. The highest BCUT2D eigenvalue weighted by molar-refractivity contribution is 9.10. The maximum Gasteiger partial charge on any atom is 0.340 e. The highest BCUT2D eigenvalue weighted by Gasteiger charge is 2.14. The molecule has 0 aliphatic heterocycles. The van der Waals surface area contributed by atoms with Crippen LogP contribution in [0.25, 0.3) is 0 Å². The minimum Gasteiger partial charge on any atom is -0.452 e. The molecule has 0 unspecified atom stereocenters. The molecule has 7 heteroatoms. The largest absolute Gasteiger partial charge is 0.452 e. The molecule has 0 heterocycles. The van der Waals surface area contributed by atoms with Gasteiger partial charge in [-0.05, 0) is 42.8 Å². The van der Waals surface area contributed by atoms with Crippen LogP contribution in [0.2, 0.25) is 0 Å². The van der Waals surface area contributed by atoms with E-state index in [0.717, 1.165) is 5.56 Å². The fraction of sp³-hybridized carbons (Fsp3) is 0.125. The van der Waals surface area contributed by atoms with Crippen LogP contribution >= 0.6 is 15.9 Å². The van der Waals surface area contributed by atoms with Crippen molar-refractivity contribution in [1.29, 1.82) is 0 Å². The van der Waals surface area contributed by atoms with Gasteiger partial charge in [0.2, 0.25) is 0 Å². The average Bonchev–Trinajstić information content (AvgIpc) is 2.50. The Morgan fingerprint density at radius 1 is 1.26 bits per heavy atom. The molecule has 2 aromatic rings. The summed E-state index contributed by atoms with van der Waals surface area (Å²) in [6.07, 6.45) is 0. The summed E-state index contributed by atoms with van der Waals surface area (Å²) in [7, 11) is 0. The number of halogens is 2. The van der Waals surface area contributed by atoms with E-state index in [1.165, 1.54) is 18.2 Å². The summed E-state index contributed by atoms with van der Waals surface area (Å²) in [6, 6.07) is 9.12. The third kappa shape index (κ3) is 4.53. The monoisotopic (exact) mass is 380 g/mol. The van der Waals surface area contributed by atoms with E-state index in [-0.39, 0.29) is 16.9 Å². The second-order valence-corrected chi connectivity index (χ2v) is 5.75. The van der Waals surface area contributed by atoms with Crippen LogP contribution < -0.4 is 11.1 Å². The van der Waals surface area contributed by atoms with Gasteiger partial charge in [-0.2, -0.15) is 0 Å². The molecule has 120 valence electrons. The standard InChI is InChI=1S/C16H14BrFN2O3/c1-9-2-5-14(12(18)6-9)20-15(21)8-23-16(22)11-7-10(17)3-4-13(11)19/h2-7H,8,19H2,1H3,(H,20,21). The number of amides is 1. The average molecular weight is 381 g/mol. The SMILES string of the molecule is Cc1ccc(NC(=O)COC(=O)c2cc(Br)ccc2N)c(F)c1. The van der Waals surface area contributed by atoms with Crippen molar-refractivity contribution in [2.75, 3.05) is 17.7 Å². The Hall–Kier alpha value is -2.41. The van der Waals surface area contributed by atoms with Gasteiger partial charge in [0.1, 0.15) is 5.82 Å². The zero-order chi connectivity index (χ0) is 17.0. The second kappa shape index (κ2) is 7.23. The van der Waals surface area contributed by atoms with Crippen molar-refractivity contribution < 1.29 is 18.7 Å². The third-order valence-corrected chi connectivity index (χ3v) is 3.46. The van der Waals surface area contributed by atoms with Gasteiger partial charge in [0.05, 0.1) is 11.3 Å². The van der Waals surface area contributed by atoms with E-state index >= 15 is 0 Å². The number of nitrogens with one attached hydrogen (secondary N) is 1. The summed E-state index contributed by atoms with van der Waals surface area (Å²) in [5, 5.41) is 2.34. The number of rotatable bonds is 4. The predicted octanol–water partition coefficient (Wildman–Crippen LogP) is 3.27. The molecule has 5 nitrogen and oxygen atoms in total. The number of nitrogen functional groups attached to an aromatic ring is 1. The lowest BCUT2D eigenvalue weighted by molar-refractivity contribution is -0.119. The van der Waals surface area contributed by atoms with Gasteiger partial charge in [-0.3, -0.25) is 4.79 Å². The first-order chi connectivity index (χ1) is 10.9. The number of esters is 1. The van der Waals surface area contributed by atoms with E-state index in [1.54, 1.807) is 25.1 Å². The Balaban J connectivity index is 1.96. The maximum absolute atomic E-state index is 13.6. The van der Waals surface area contributed by atoms with E-state index in [2.05, 4.69) is 21.2 Å². The molecule has 1 amide bonds. The summed E-state index contributed by atoms with van der Waals surface area (Å²) >= 11 is 3.22. The molecule has 2 aromatic carbocycles. The number of anilines is 2. The lowest BCUT2D eigenvalue weighted by atomic mass is 10.2. The summed E-state index contributed by atoms with van der Waals surface area (Å²) in [5.41, 5.74) is 6.83. The summed E-state index contributed by atoms with van der Waals surface area (Å²) < 4.78 is 19.2. The number of carbonyl (C=O) groups is 2. The van der Waals surface area contributed by atoms with Gasteiger partial charge in [-0.1, -0.05) is 22.0 Å². The molecular formula is C16H14BrFN2O3. The predicted molar refractivity (Wildman–Crippen MR) is 88.6 cm³/mol.